The maximum absolute atomic E-state index is 12.2. The van der Waals surface area contributed by atoms with Gasteiger partial charge >= 0.3 is 0 Å². The smallest absolute Gasteiger partial charge is 0.252 e. The van der Waals surface area contributed by atoms with E-state index in [1.165, 1.54) is 13.1 Å². The van der Waals surface area contributed by atoms with E-state index >= 15 is 0 Å². The lowest BCUT2D eigenvalue weighted by Crippen LogP contribution is -2.39. The number of carbonyl (C=O) groups excluding carboxylic acids is 1. The van der Waals surface area contributed by atoms with Crippen LogP contribution in [0.2, 0.25) is 0 Å². The first kappa shape index (κ1) is 16.7. The molecule has 22 heavy (non-hydrogen) atoms. The molecule has 0 aliphatic carbocycles. The summed E-state index contributed by atoms with van der Waals surface area (Å²) >= 11 is 1.12. The maximum atomic E-state index is 12.2. The van der Waals surface area contributed by atoms with Crippen LogP contribution in [0.4, 0.5) is 0 Å². The molecule has 1 atom stereocenters. The highest BCUT2D eigenvalue weighted by Gasteiger charge is 2.24. The highest BCUT2D eigenvalue weighted by molar-refractivity contribution is 7.91. The molecule has 0 fully saturated rings. The third kappa shape index (κ3) is 3.76. The van der Waals surface area contributed by atoms with Gasteiger partial charge in [-0.15, -0.1) is 11.3 Å². The van der Waals surface area contributed by atoms with Gasteiger partial charge in [0, 0.05) is 7.05 Å². The molecular weight excluding hydrogens is 324 g/mol. The maximum Gasteiger partial charge on any atom is 0.252 e. The fourth-order valence-corrected chi connectivity index (χ4v) is 4.22. The molecular formula is C14H18N2O4S2. The number of furan rings is 1. The van der Waals surface area contributed by atoms with Crippen molar-refractivity contribution in [3.63, 3.8) is 0 Å². The molecule has 2 aromatic heterocycles. The van der Waals surface area contributed by atoms with Gasteiger partial charge in [0.15, 0.2) is 0 Å². The fourth-order valence-electron chi connectivity index (χ4n) is 1.90. The van der Waals surface area contributed by atoms with Gasteiger partial charge in [-0.1, -0.05) is 6.07 Å². The number of hydrogen-bond acceptors (Lipinski definition) is 5. The van der Waals surface area contributed by atoms with Gasteiger partial charge in [-0.2, -0.15) is 4.31 Å². The van der Waals surface area contributed by atoms with Crippen molar-refractivity contribution in [3.05, 3.63) is 41.2 Å². The summed E-state index contributed by atoms with van der Waals surface area (Å²) in [5.41, 5.74) is 0. The number of rotatable bonds is 6. The molecule has 1 N–H and O–H groups in total. The van der Waals surface area contributed by atoms with Crippen molar-refractivity contribution < 1.29 is 17.6 Å². The van der Waals surface area contributed by atoms with E-state index in [0.29, 0.717) is 5.76 Å². The average Bonchev–Trinajstić information content (AvgIpc) is 3.09. The van der Waals surface area contributed by atoms with Crippen LogP contribution in [0.25, 0.3) is 0 Å². The minimum atomic E-state index is -3.62. The molecule has 1 unspecified atom stereocenters. The molecule has 0 aliphatic rings. The monoisotopic (exact) mass is 342 g/mol. The first-order chi connectivity index (χ1) is 10.3. The summed E-state index contributed by atoms with van der Waals surface area (Å²) in [4.78, 5) is 12.0. The van der Waals surface area contributed by atoms with Crippen molar-refractivity contribution in [1.29, 1.82) is 0 Å². The molecule has 0 saturated carbocycles. The van der Waals surface area contributed by atoms with Gasteiger partial charge in [-0.25, -0.2) is 8.42 Å². The van der Waals surface area contributed by atoms with Gasteiger partial charge in [-0.3, -0.25) is 4.79 Å². The van der Waals surface area contributed by atoms with Gasteiger partial charge in [-0.05, 0) is 37.4 Å². The Bertz CT molecular complexity index is 735. The zero-order valence-electron chi connectivity index (χ0n) is 12.6. The van der Waals surface area contributed by atoms with Gasteiger partial charge in [0.1, 0.15) is 15.7 Å². The Morgan fingerprint density at radius 1 is 1.41 bits per heavy atom. The largest absolute Gasteiger partial charge is 0.464 e. The summed E-state index contributed by atoms with van der Waals surface area (Å²) in [7, 11) is -2.23. The number of carbonyl (C=O) groups is 1. The van der Waals surface area contributed by atoms with Gasteiger partial charge in [0.05, 0.1) is 12.6 Å². The van der Waals surface area contributed by atoms with Crippen LogP contribution < -0.4 is 5.32 Å². The molecule has 120 valence electrons. The van der Waals surface area contributed by atoms with Crippen LogP contribution in [-0.2, 0) is 14.8 Å². The summed E-state index contributed by atoms with van der Waals surface area (Å²) in [5, 5.41) is 4.41. The minimum Gasteiger partial charge on any atom is -0.464 e. The Hall–Kier alpha value is -1.64. The van der Waals surface area contributed by atoms with Crippen molar-refractivity contribution in [2.24, 2.45) is 0 Å². The van der Waals surface area contributed by atoms with Crippen molar-refractivity contribution in [3.8, 4) is 0 Å². The Morgan fingerprint density at radius 3 is 2.68 bits per heavy atom. The number of hydrogen-bond donors (Lipinski definition) is 1. The Kier molecular flexibility index (Phi) is 5.05. The second kappa shape index (κ2) is 6.64. The number of nitrogens with zero attached hydrogens (tertiary/aromatic N) is 1. The van der Waals surface area contributed by atoms with Crippen LogP contribution in [0.15, 0.2) is 38.3 Å². The number of nitrogens with one attached hydrogen (secondary N) is 1. The SMILES string of the molecule is Cc1ccc(C(C)NC(=O)CN(C)S(=O)(=O)c2cccs2)o1. The second-order valence-electron chi connectivity index (χ2n) is 4.93. The first-order valence-electron chi connectivity index (χ1n) is 6.66. The Labute approximate surface area is 133 Å². The molecule has 2 rings (SSSR count). The fraction of sp³-hybridized carbons (Fsp3) is 0.357. The summed E-state index contributed by atoms with van der Waals surface area (Å²) < 4.78 is 31.1. The number of thiophene rings is 1. The summed E-state index contributed by atoms with van der Waals surface area (Å²) in [5.74, 6) is 1.01. The molecule has 0 bridgehead atoms. The summed E-state index contributed by atoms with van der Waals surface area (Å²) in [6.45, 7) is 3.35. The second-order valence-corrected chi connectivity index (χ2v) is 8.15. The van der Waals surface area contributed by atoms with Crippen LogP contribution in [0, 0.1) is 6.92 Å². The van der Waals surface area contributed by atoms with Crippen LogP contribution in [0.5, 0.6) is 0 Å². The molecule has 6 nitrogen and oxygen atoms in total. The van der Waals surface area contributed by atoms with Crippen LogP contribution >= 0.6 is 11.3 Å². The van der Waals surface area contributed by atoms with E-state index in [0.717, 1.165) is 21.4 Å². The zero-order chi connectivity index (χ0) is 16.3. The molecule has 0 aromatic carbocycles. The average molecular weight is 342 g/mol. The standard InChI is InChI=1S/C14H18N2O4S2/c1-10-6-7-12(20-10)11(2)15-13(17)9-16(3)22(18,19)14-5-4-8-21-14/h4-8,11H,9H2,1-3H3,(H,15,17). The number of sulfonamides is 1. The molecule has 0 saturated heterocycles. The minimum absolute atomic E-state index is 0.220. The third-order valence-corrected chi connectivity index (χ3v) is 6.27. The molecule has 0 aliphatic heterocycles. The predicted octanol–water partition coefficient (Wildman–Crippen LogP) is 2.15. The van der Waals surface area contributed by atoms with Crippen LogP contribution in [0.3, 0.4) is 0 Å². The quantitative estimate of drug-likeness (QED) is 0.872. The molecule has 0 spiro atoms. The Balaban J connectivity index is 1.97. The van der Waals surface area contributed by atoms with E-state index in [4.69, 9.17) is 4.42 Å². The van der Waals surface area contributed by atoms with Crippen molar-refractivity contribution in [2.45, 2.75) is 24.1 Å². The molecule has 2 aromatic rings. The lowest BCUT2D eigenvalue weighted by Gasteiger charge is -2.17. The van der Waals surface area contributed by atoms with Crippen molar-refractivity contribution in [1.82, 2.24) is 9.62 Å². The van der Waals surface area contributed by atoms with E-state index in [1.54, 1.807) is 24.4 Å². The van der Waals surface area contributed by atoms with Crippen LogP contribution in [-0.4, -0.2) is 32.2 Å². The van der Waals surface area contributed by atoms with E-state index in [9.17, 15) is 13.2 Å². The first-order valence-corrected chi connectivity index (χ1v) is 8.98. The van der Waals surface area contributed by atoms with E-state index in [1.807, 2.05) is 13.0 Å². The molecule has 2 heterocycles. The van der Waals surface area contributed by atoms with Gasteiger partial charge < -0.3 is 9.73 Å². The number of likely N-dealkylation sites (N-methyl/N-ethyl adjacent to an activating group) is 1. The zero-order valence-corrected chi connectivity index (χ0v) is 14.2. The number of aryl methyl sites for hydroxylation is 1. The normalized spacial score (nSPS) is 13.3. The molecule has 0 radical (unpaired) electrons. The van der Waals surface area contributed by atoms with Gasteiger partial charge in [0.2, 0.25) is 5.91 Å². The lowest BCUT2D eigenvalue weighted by molar-refractivity contribution is -0.121. The lowest BCUT2D eigenvalue weighted by atomic mass is 10.2. The highest BCUT2D eigenvalue weighted by Crippen LogP contribution is 2.20. The highest BCUT2D eigenvalue weighted by atomic mass is 32.2. The van der Waals surface area contributed by atoms with E-state index < -0.39 is 10.0 Å². The molecule has 8 heteroatoms. The Morgan fingerprint density at radius 2 is 2.14 bits per heavy atom. The van der Waals surface area contributed by atoms with Crippen molar-refractivity contribution in [2.75, 3.05) is 13.6 Å². The van der Waals surface area contributed by atoms with Crippen LogP contribution in [0.1, 0.15) is 24.5 Å². The predicted molar refractivity (Wildman–Crippen MR) is 84.1 cm³/mol. The summed E-state index contributed by atoms with van der Waals surface area (Å²) in [6, 6.07) is 6.45. The van der Waals surface area contributed by atoms with Gasteiger partial charge in [0.25, 0.3) is 10.0 Å². The van der Waals surface area contributed by atoms with Crippen molar-refractivity contribution >= 4 is 27.3 Å². The van der Waals surface area contributed by atoms with E-state index in [2.05, 4.69) is 5.32 Å². The van der Waals surface area contributed by atoms with E-state index in [-0.39, 0.29) is 22.7 Å². The summed E-state index contributed by atoms with van der Waals surface area (Å²) in [6.07, 6.45) is 0. The number of amides is 1. The third-order valence-electron chi connectivity index (χ3n) is 3.09. The molecule has 1 amide bonds. The topological polar surface area (TPSA) is 79.6 Å².